The molecule has 4 heteroatoms. The SMILES string of the molecule is CCCCc1ccc(CN=C=O)cc1N=C=O. The highest BCUT2D eigenvalue weighted by Gasteiger charge is 2.03. The third-order valence-electron chi connectivity index (χ3n) is 2.44. The first-order valence-corrected chi connectivity index (χ1v) is 5.55. The van der Waals surface area contributed by atoms with Crippen LogP contribution in [0.25, 0.3) is 0 Å². The topological polar surface area (TPSA) is 58.9 Å². The Balaban J connectivity index is 2.98. The molecule has 0 aliphatic carbocycles. The van der Waals surface area contributed by atoms with E-state index in [4.69, 9.17) is 0 Å². The lowest BCUT2D eigenvalue weighted by atomic mass is 10.0. The lowest BCUT2D eigenvalue weighted by Crippen LogP contribution is -1.89. The first kappa shape index (κ1) is 13.0. The van der Waals surface area contributed by atoms with Crippen LogP contribution < -0.4 is 0 Å². The summed E-state index contributed by atoms with van der Waals surface area (Å²) in [6, 6.07) is 5.56. The molecule has 0 aliphatic rings. The third-order valence-corrected chi connectivity index (χ3v) is 2.44. The van der Waals surface area contributed by atoms with Gasteiger partial charge in [-0.15, -0.1) is 0 Å². The quantitative estimate of drug-likeness (QED) is 0.557. The Bertz CT molecular complexity index is 470. The van der Waals surface area contributed by atoms with Crippen molar-refractivity contribution in [2.45, 2.75) is 32.7 Å². The molecule has 1 aromatic carbocycles. The Morgan fingerprint density at radius 3 is 2.71 bits per heavy atom. The summed E-state index contributed by atoms with van der Waals surface area (Å²) in [6.07, 6.45) is 6.05. The van der Waals surface area contributed by atoms with Crippen molar-refractivity contribution >= 4 is 17.8 Å². The van der Waals surface area contributed by atoms with E-state index in [0.29, 0.717) is 5.69 Å². The van der Waals surface area contributed by atoms with Crippen LogP contribution in [0.4, 0.5) is 5.69 Å². The monoisotopic (exact) mass is 230 g/mol. The van der Waals surface area contributed by atoms with Crippen molar-refractivity contribution in [3.63, 3.8) is 0 Å². The molecule has 0 N–H and O–H groups in total. The molecule has 17 heavy (non-hydrogen) atoms. The number of rotatable bonds is 6. The van der Waals surface area contributed by atoms with Crippen LogP contribution in [-0.2, 0) is 22.6 Å². The molecule has 0 unspecified atom stereocenters. The molecule has 0 spiro atoms. The maximum absolute atomic E-state index is 10.3. The van der Waals surface area contributed by atoms with Crippen LogP contribution in [0.15, 0.2) is 28.2 Å². The standard InChI is InChI=1S/C13H14N2O2/c1-2-3-4-12-6-5-11(8-14-9-16)7-13(12)15-10-17/h5-7H,2-4,8H2,1H3. The van der Waals surface area contributed by atoms with Crippen molar-refractivity contribution in [1.82, 2.24) is 0 Å². The van der Waals surface area contributed by atoms with Crippen molar-refractivity contribution < 1.29 is 9.59 Å². The van der Waals surface area contributed by atoms with E-state index in [1.165, 1.54) is 6.08 Å². The van der Waals surface area contributed by atoms with Crippen LogP contribution in [0.2, 0.25) is 0 Å². The number of hydrogen-bond acceptors (Lipinski definition) is 4. The van der Waals surface area contributed by atoms with E-state index < -0.39 is 0 Å². The molecule has 0 heterocycles. The van der Waals surface area contributed by atoms with E-state index in [0.717, 1.165) is 30.4 Å². The first-order valence-electron chi connectivity index (χ1n) is 5.55. The summed E-state index contributed by atoms with van der Waals surface area (Å²) in [7, 11) is 0. The lowest BCUT2D eigenvalue weighted by molar-refractivity contribution is 0.562. The molecule has 0 radical (unpaired) electrons. The van der Waals surface area contributed by atoms with E-state index in [1.807, 2.05) is 12.1 Å². The van der Waals surface area contributed by atoms with Crippen LogP contribution in [-0.4, -0.2) is 12.2 Å². The van der Waals surface area contributed by atoms with Gasteiger partial charge in [-0.25, -0.2) is 14.6 Å². The van der Waals surface area contributed by atoms with Gasteiger partial charge in [0.15, 0.2) is 0 Å². The summed E-state index contributed by atoms with van der Waals surface area (Å²) in [4.78, 5) is 27.5. The molecular weight excluding hydrogens is 216 g/mol. The molecule has 0 bridgehead atoms. The normalized spacial score (nSPS) is 9.24. The van der Waals surface area contributed by atoms with Crippen LogP contribution in [0.5, 0.6) is 0 Å². The van der Waals surface area contributed by atoms with E-state index in [2.05, 4.69) is 16.9 Å². The summed E-state index contributed by atoms with van der Waals surface area (Å²) in [5.41, 5.74) is 2.48. The lowest BCUT2D eigenvalue weighted by Gasteiger charge is -2.05. The van der Waals surface area contributed by atoms with E-state index in [-0.39, 0.29) is 6.54 Å². The Labute approximate surface area is 100 Å². The van der Waals surface area contributed by atoms with Gasteiger partial charge in [0.25, 0.3) is 0 Å². The first-order chi connectivity index (χ1) is 8.31. The maximum Gasteiger partial charge on any atom is 0.240 e. The summed E-state index contributed by atoms with van der Waals surface area (Å²) in [5.74, 6) is 0. The fourth-order valence-corrected chi connectivity index (χ4v) is 1.56. The minimum atomic E-state index is 0.263. The minimum absolute atomic E-state index is 0.263. The van der Waals surface area contributed by atoms with Gasteiger partial charge in [0.2, 0.25) is 12.2 Å². The number of nitrogens with zero attached hydrogens (tertiary/aromatic N) is 2. The average Bonchev–Trinajstić information content (AvgIpc) is 2.35. The van der Waals surface area contributed by atoms with Crippen LogP contribution >= 0.6 is 0 Å². The van der Waals surface area contributed by atoms with E-state index >= 15 is 0 Å². The van der Waals surface area contributed by atoms with Gasteiger partial charge in [0, 0.05) is 0 Å². The maximum atomic E-state index is 10.3. The van der Waals surface area contributed by atoms with E-state index in [1.54, 1.807) is 12.1 Å². The molecule has 0 amide bonds. The van der Waals surface area contributed by atoms with Crippen LogP contribution in [0.3, 0.4) is 0 Å². The number of carbonyl (C=O) groups excluding carboxylic acids is 2. The number of aryl methyl sites for hydroxylation is 1. The summed E-state index contributed by atoms with van der Waals surface area (Å²) >= 11 is 0. The van der Waals surface area contributed by atoms with Crippen molar-refractivity contribution in [1.29, 1.82) is 0 Å². The molecule has 4 nitrogen and oxygen atoms in total. The van der Waals surface area contributed by atoms with Gasteiger partial charge in [-0.3, -0.25) is 0 Å². The molecule has 0 fully saturated rings. The minimum Gasteiger partial charge on any atom is -0.211 e. The third kappa shape index (κ3) is 4.15. The molecule has 0 atom stereocenters. The molecular formula is C13H14N2O2. The van der Waals surface area contributed by atoms with Crippen LogP contribution in [0.1, 0.15) is 30.9 Å². The van der Waals surface area contributed by atoms with Gasteiger partial charge in [0.1, 0.15) is 0 Å². The highest BCUT2D eigenvalue weighted by atomic mass is 16.1. The second-order valence-electron chi connectivity index (χ2n) is 3.68. The van der Waals surface area contributed by atoms with Gasteiger partial charge in [-0.2, -0.15) is 4.99 Å². The Morgan fingerprint density at radius 1 is 1.24 bits per heavy atom. The molecule has 1 rings (SSSR count). The molecule has 0 aromatic heterocycles. The van der Waals surface area contributed by atoms with Crippen LogP contribution in [0, 0.1) is 0 Å². The number of aliphatic imine (C=N–C) groups is 2. The highest BCUT2D eigenvalue weighted by molar-refractivity contribution is 5.55. The second-order valence-corrected chi connectivity index (χ2v) is 3.68. The fourth-order valence-electron chi connectivity index (χ4n) is 1.56. The zero-order valence-electron chi connectivity index (χ0n) is 9.77. The van der Waals surface area contributed by atoms with Gasteiger partial charge >= 0.3 is 0 Å². The number of unbranched alkanes of at least 4 members (excludes halogenated alkanes) is 1. The number of isocyanates is 2. The molecule has 0 saturated carbocycles. The van der Waals surface area contributed by atoms with Crippen molar-refractivity contribution in [3.8, 4) is 0 Å². The largest absolute Gasteiger partial charge is 0.240 e. The molecule has 88 valence electrons. The predicted octanol–water partition coefficient (Wildman–Crippen LogP) is 2.83. The Morgan fingerprint density at radius 2 is 2.06 bits per heavy atom. The van der Waals surface area contributed by atoms with Gasteiger partial charge in [-0.1, -0.05) is 25.5 Å². The molecule has 1 aromatic rings. The van der Waals surface area contributed by atoms with Gasteiger partial charge in [-0.05, 0) is 30.0 Å². The Kier molecular flexibility index (Phi) is 5.59. The van der Waals surface area contributed by atoms with Crippen molar-refractivity contribution in [2.75, 3.05) is 0 Å². The number of hydrogen-bond donors (Lipinski definition) is 0. The average molecular weight is 230 g/mol. The van der Waals surface area contributed by atoms with E-state index in [9.17, 15) is 9.59 Å². The smallest absolute Gasteiger partial charge is 0.211 e. The van der Waals surface area contributed by atoms with Gasteiger partial charge < -0.3 is 0 Å². The van der Waals surface area contributed by atoms with Crippen molar-refractivity contribution in [2.24, 2.45) is 9.98 Å². The Hall–Kier alpha value is -2.02. The predicted molar refractivity (Wildman–Crippen MR) is 64.7 cm³/mol. The molecule has 0 aliphatic heterocycles. The highest BCUT2D eigenvalue weighted by Crippen LogP contribution is 2.23. The molecule has 0 saturated heterocycles. The zero-order valence-corrected chi connectivity index (χ0v) is 9.77. The summed E-state index contributed by atoms with van der Waals surface area (Å²) < 4.78 is 0. The fraction of sp³-hybridized carbons (Fsp3) is 0.385. The van der Waals surface area contributed by atoms with Crippen molar-refractivity contribution in [3.05, 3.63) is 29.3 Å². The van der Waals surface area contributed by atoms with Gasteiger partial charge in [0.05, 0.1) is 12.2 Å². The summed E-state index contributed by atoms with van der Waals surface area (Å²) in [5, 5.41) is 0. The zero-order chi connectivity index (χ0) is 12.5. The number of benzene rings is 1. The second kappa shape index (κ2) is 7.29. The summed E-state index contributed by atoms with van der Waals surface area (Å²) in [6.45, 7) is 2.37.